The normalized spacial score (nSPS) is 17.8. The van der Waals surface area contributed by atoms with Gasteiger partial charge in [-0.3, -0.25) is 9.59 Å². The van der Waals surface area contributed by atoms with Crippen LogP contribution in [0, 0.1) is 0 Å². The molecule has 2 fully saturated rings. The predicted molar refractivity (Wildman–Crippen MR) is 121 cm³/mol. The maximum atomic E-state index is 13.2. The summed E-state index contributed by atoms with van der Waals surface area (Å²) in [6.45, 7) is 5.02. The van der Waals surface area contributed by atoms with Crippen molar-refractivity contribution in [2.45, 2.75) is 38.1 Å². The number of nitrogens with zero attached hydrogens (tertiary/aromatic N) is 7. The van der Waals surface area contributed by atoms with Gasteiger partial charge in [0.05, 0.1) is 11.2 Å². The lowest BCUT2D eigenvalue weighted by Crippen LogP contribution is -2.62. The second kappa shape index (κ2) is 8.22. The quantitative estimate of drug-likeness (QED) is 0.587. The molecule has 3 heterocycles. The molecule has 170 valence electrons. The van der Waals surface area contributed by atoms with Gasteiger partial charge in [0.15, 0.2) is 0 Å². The first-order valence-electron chi connectivity index (χ1n) is 11.0. The van der Waals surface area contributed by atoms with Crippen LogP contribution in [0.5, 0.6) is 0 Å². The Bertz CT molecular complexity index is 1220. The number of halogens is 1. The summed E-state index contributed by atoms with van der Waals surface area (Å²) in [7, 11) is 0. The average Bonchev–Trinajstić information content (AvgIpc) is 3.54. The summed E-state index contributed by atoms with van der Waals surface area (Å²) in [4.78, 5) is 35.7. The first-order chi connectivity index (χ1) is 15.8. The number of aromatic nitrogens is 5. The Labute approximate surface area is 196 Å². The van der Waals surface area contributed by atoms with Crippen molar-refractivity contribution >= 4 is 23.4 Å². The van der Waals surface area contributed by atoms with E-state index >= 15 is 0 Å². The molecule has 1 saturated heterocycles. The maximum absolute atomic E-state index is 13.2. The van der Waals surface area contributed by atoms with Gasteiger partial charge in [0, 0.05) is 36.3 Å². The second-order valence-electron chi connectivity index (χ2n) is 9.10. The predicted octanol–water partition coefficient (Wildman–Crippen LogP) is 2.96. The van der Waals surface area contributed by atoms with Crippen LogP contribution in [0.2, 0.25) is 5.02 Å². The summed E-state index contributed by atoms with van der Waals surface area (Å²) in [5.41, 5.74) is 1.45. The molecule has 0 radical (unpaired) electrons. The molecule has 2 aromatic heterocycles. The molecule has 1 saturated carbocycles. The molecule has 2 aliphatic rings. The molecule has 1 aromatic carbocycles. The Morgan fingerprint density at radius 1 is 1.06 bits per heavy atom. The van der Waals surface area contributed by atoms with Crippen LogP contribution in [0.25, 0.3) is 5.69 Å². The molecule has 0 N–H and O–H groups in total. The highest BCUT2D eigenvalue weighted by molar-refractivity contribution is 6.30. The lowest BCUT2D eigenvalue weighted by molar-refractivity contribution is 0.0158. The fraction of sp³-hybridized carbons (Fsp3) is 0.391. The highest BCUT2D eigenvalue weighted by Crippen LogP contribution is 2.39. The minimum absolute atomic E-state index is 0.00151. The van der Waals surface area contributed by atoms with E-state index in [1.807, 2.05) is 26.0 Å². The highest BCUT2D eigenvalue weighted by atomic mass is 35.5. The van der Waals surface area contributed by atoms with E-state index in [4.69, 9.17) is 11.6 Å². The summed E-state index contributed by atoms with van der Waals surface area (Å²) in [6.07, 6.45) is 2.27. The molecular formula is C23H24ClN7O2. The molecule has 9 nitrogen and oxygen atoms in total. The summed E-state index contributed by atoms with van der Waals surface area (Å²) in [5, 5.41) is 12.7. The number of carbonyl (C=O) groups is 2. The largest absolute Gasteiger partial charge is 0.333 e. The number of piperazine rings is 1. The van der Waals surface area contributed by atoms with Gasteiger partial charge in [0.25, 0.3) is 17.6 Å². The number of amides is 2. The fourth-order valence-corrected chi connectivity index (χ4v) is 4.36. The summed E-state index contributed by atoms with van der Waals surface area (Å²) in [6, 6.07) is 12.6. The lowest BCUT2D eigenvalue weighted by Gasteiger charge is -2.46. The molecular weight excluding hydrogens is 442 g/mol. The Balaban J connectivity index is 1.30. The van der Waals surface area contributed by atoms with Crippen LogP contribution in [0.15, 0.2) is 42.5 Å². The minimum Gasteiger partial charge on any atom is -0.333 e. The van der Waals surface area contributed by atoms with Gasteiger partial charge in [0.1, 0.15) is 5.69 Å². The van der Waals surface area contributed by atoms with E-state index < -0.39 is 5.54 Å². The Morgan fingerprint density at radius 3 is 2.58 bits per heavy atom. The van der Waals surface area contributed by atoms with E-state index in [-0.39, 0.29) is 17.6 Å². The zero-order chi connectivity index (χ0) is 23.2. The topological polar surface area (TPSA) is 97.1 Å². The zero-order valence-electron chi connectivity index (χ0n) is 18.5. The number of hydrogen-bond acceptors (Lipinski definition) is 6. The molecule has 0 bridgehead atoms. The van der Waals surface area contributed by atoms with Crippen molar-refractivity contribution in [3.05, 3.63) is 64.7 Å². The number of hydrogen-bond donors (Lipinski definition) is 0. The van der Waals surface area contributed by atoms with Crippen molar-refractivity contribution in [3.63, 3.8) is 0 Å². The van der Waals surface area contributed by atoms with Gasteiger partial charge in [-0.1, -0.05) is 23.7 Å². The number of pyridine rings is 1. The number of benzene rings is 1. The summed E-state index contributed by atoms with van der Waals surface area (Å²) < 4.78 is 0. The molecule has 3 aromatic rings. The standard InChI is InChI=1S/C23H24ClN7O2/c1-23(2)14-29(21(32)19-8-4-7-18(25-19)15-9-10-15)11-12-30(23)22(33)20-26-28-31(27-20)17-6-3-5-16(24)13-17/h3-8,13,15H,9-12,14H2,1-2H3. The molecule has 5 rings (SSSR count). The molecule has 33 heavy (non-hydrogen) atoms. The third kappa shape index (κ3) is 4.32. The third-order valence-electron chi connectivity index (χ3n) is 6.06. The Hall–Kier alpha value is -3.33. The molecule has 0 atom stereocenters. The number of rotatable bonds is 4. The SMILES string of the molecule is CC1(C)CN(C(=O)c2cccc(C3CC3)n2)CCN1C(=O)c1nnn(-c2cccc(Cl)c2)n1. The van der Waals surface area contributed by atoms with Gasteiger partial charge in [-0.15, -0.1) is 15.0 Å². The third-order valence-corrected chi connectivity index (χ3v) is 6.30. The molecule has 1 aliphatic heterocycles. The van der Waals surface area contributed by atoms with Gasteiger partial charge in [-0.05, 0) is 62.2 Å². The van der Waals surface area contributed by atoms with Crippen LogP contribution < -0.4 is 0 Å². The van der Waals surface area contributed by atoms with Crippen LogP contribution >= 0.6 is 11.6 Å². The fourth-order valence-electron chi connectivity index (χ4n) is 4.17. The van der Waals surface area contributed by atoms with E-state index in [0.29, 0.717) is 42.0 Å². The van der Waals surface area contributed by atoms with Gasteiger partial charge in [-0.2, -0.15) is 0 Å². The molecule has 0 unspecified atom stereocenters. The average molecular weight is 466 g/mol. The van der Waals surface area contributed by atoms with Crippen molar-refractivity contribution in [1.82, 2.24) is 35.0 Å². The summed E-state index contributed by atoms with van der Waals surface area (Å²) >= 11 is 6.03. The van der Waals surface area contributed by atoms with Crippen LogP contribution in [-0.2, 0) is 0 Å². The van der Waals surface area contributed by atoms with Crippen LogP contribution in [0.1, 0.15) is 59.4 Å². The first-order valence-corrected chi connectivity index (χ1v) is 11.3. The van der Waals surface area contributed by atoms with Crippen LogP contribution in [-0.4, -0.2) is 72.0 Å². The van der Waals surface area contributed by atoms with Crippen LogP contribution in [0.4, 0.5) is 0 Å². The summed E-state index contributed by atoms with van der Waals surface area (Å²) in [5.74, 6) is 0.0510. The van der Waals surface area contributed by atoms with Gasteiger partial charge in [-0.25, -0.2) is 4.98 Å². The second-order valence-corrected chi connectivity index (χ2v) is 9.54. The van der Waals surface area contributed by atoms with Gasteiger partial charge >= 0.3 is 0 Å². The molecule has 2 amide bonds. The zero-order valence-corrected chi connectivity index (χ0v) is 19.2. The molecule has 10 heteroatoms. The van der Waals surface area contributed by atoms with E-state index in [1.165, 1.54) is 4.80 Å². The lowest BCUT2D eigenvalue weighted by atomic mass is 9.98. The number of tetrazole rings is 1. The van der Waals surface area contributed by atoms with Gasteiger partial charge in [0.2, 0.25) is 0 Å². The van der Waals surface area contributed by atoms with E-state index in [0.717, 1.165) is 18.5 Å². The number of carbonyl (C=O) groups excluding carboxylic acids is 2. The minimum atomic E-state index is -0.611. The van der Waals surface area contributed by atoms with E-state index in [1.54, 1.807) is 40.1 Å². The van der Waals surface area contributed by atoms with Crippen molar-refractivity contribution in [2.75, 3.05) is 19.6 Å². The van der Waals surface area contributed by atoms with E-state index in [9.17, 15) is 9.59 Å². The van der Waals surface area contributed by atoms with Gasteiger partial charge < -0.3 is 9.80 Å². The van der Waals surface area contributed by atoms with Crippen molar-refractivity contribution < 1.29 is 9.59 Å². The van der Waals surface area contributed by atoms with Crippen molar-refractivity contribution in [1.29, 1.82) is 0 Å². The Kier molecular flexibility index (Phi) is 5.36. The maximum Gasteiger partial charge on any atom is 0.296 e. The monoisotopic (exact) mass is 465 g/mol. The van der Waals surface area contributed by atoms with Crippen molar-refractivity contribution in [2.24, 2.45) is 0 Å². The Morgan fingerprint density at radius 2 is 1.85 bits per heavy atom. The highest BCUT2D eigenvalue weighted by Gasteiger charge is 2.40. The molecule has 0 spiro atoms. The first kappa shape index (κ1) is 21.5. The van der Waals surface area contributed by atoms with Crippen LogP contribution in [0.3, 0.4) is 0 Å². The molecule has 1 aliphatic carbocycles. The van der Waals surface area contributed by atoms with Crippen molar-refractivity contribution in [3.8, 4) is 5.69 Å². The van der Waals surface area contributed by atoms with E-state index in [2.05, 4.69) is 20.4 Å². The smallest absolute Gasteiger partial charge is 0.296 e.